The number of nitrogens with one attached hydrogen (secondary N) is 2. The molecule has 29 heavy (non-hydrogen) atoms. The van der Waals surface area contributed by atoms with E-state index < -0.39 is 15.8 Å². The smallest absolute Gasteiger partial charge is 0.228 e. The number of carbonyl (C=O) groups excluding carboxylic acids is 2. The molecule has 6 nitrogen and oxygen atoms in total. The van der Waals surface area contributed by atoms with Gasteiger partial charge in [0.25, 0.3) is 0 Å². The number of sulfone groups is 1. The fraction of sp³-hybridized carbons (Fsp3) is 0.333. The van der Waals surface area contributed by atoms with Crippen molar-refractivity contribution in [1.82, 2.24) is 0 Å². The summed E-state index contributed by atoms with van der Waals surface area (Å²) in [4.78, 5) is 25.3. The number of rotatable bonds is 5. The molecule has 8 heteroatoms. The number of carbonyl (C=O) groups is 2. The van der Waals surface area contributed by atoms with Gasteiger partial charge in [0.15, 0.2) is 9.84 Å². The summed E-state index contributed by atoms with van der Waals surface area (Å²) in [5, 5.41) is 5.61. The average molecular weight is 433 g/mol. The number of benzene rings is 2. The Bertz CT molecular complexity index is 1040. The Morgan fingerprint density at radius 3 is 2.59 bits per heavy atom. The van der Waals surface area contributed by atoms with Crippen LogP contribution in [0.2, 0.25) is 0 Å². The van der Waals surface area contributed by atoms with Crippen LogP contribution in [-0.4, -0.2) is 31.7 Å². The molecule has 0 saturated carbocycles. The fourth-order valence-corrected chi connectivity index (χ4v) is 5.66. The molecule has 0 saturated heterocycles. The normalized spacial score (nSPS) is 15.1. The summed E-state index contributed by atoms with van der Waals surface area (Å²) in [7, 11) is -3.70. The molecular formula is C21H24N2O4S2. The van der Waals surface area contributed by atoms with Crippen molar-refractivity contribution in [1.29, 1.82) is 0 Å². The zero-order chi connectivity index (χ0) is 21.2. The highest BCUT2D eigenvalue weighted by atomic mass is 32.2. The number of para-hydroxylation sites is 1. The van der Waals surface area contributed by atoms with Crippen LogP contribution in [0, 0.1) is 19.8 Å². The highest BCUT2D eigenvalue weighted by Gasteiger charge is 2.25. The minimum absolute atomic E-state index is 0.103. The van der Waals surface area contributed by atoms with E-state index in [1.807, 2.05) is 32.0 Å². The second kappa shape index (κ2) is 8.59. The molecule has 0 spiro atoms. The van der Waals surface area contributed by atoms with Gasteiger partial charge in [-0.05, 0) is 43.2 Å². The first-order valence-electron chi connectivity index (χ1n) is 9.34. The Kier molecular flexibility index (Phi) is 6.33. The van der Waals surface area contributed by atoms with Crippen molar-refractivity contribution in [3.8, 4) is 0 Å². The third kappa shape index (κ3) is 5.00. The lowest BCUT2D eigenvalue weighted by atomic mass is 10.1. The van der Waals surface area contributed by atoms with Crippen LogP contribution in [0.3, 0.4) is 0 Å². The molecule has 0 unspecified atom stereocenters. The van der Waals surface area contributed by atoms with Gasteiger partial charge < -0.3 is 10.6 Å². The summed E-state index contributed by atoms with van der Waals surface area (Å²) < 4.78 is 25.8. The molecule has 0 radical (unpaired) electrons. The first-order valence-corrected chi connectivity index (χ1v) is 12.0. The number of hydrogen-bond donors (Lipinski definition) is 2. The first kappa shape index (κ1) is 21.4. The molecular weight excluding hydrogens is 408 g/mol. The largest absolute Gasteiger partial charge is 0.325 e. The van der Waals surface area contributed by atoms with E-state index in [9.17, 15) is 18.0 Å². The van der Waals surface area contributed by atoms with Crippen LogP contribution in [0.15, 0.2) is 46.2 Å². The molecule has 1 heterocycles. The SMILES string of the molecule is Cc1cccc(C)c1NC(=O)[C@H](C)CS(=O)(=O)c1ccc2c(c1)NC(=O)CCS2. The van der Waals surface area contributed by atoms with Crippen LogP contribution in [0.25, 0.3) is 0 Å². The molecule has 0 fully saturated rings. The van der Waals surface area contributed by atoms with Crippen molar-refractivity contribution >= 4 is 44.8 Å². The Hall–Kier alpha value is -2.32. The van der Waals surface area contributed by atoms with Gasteiger partial charge in [0.2, 0.25) is 11.8 Å². The monoisotopic (exact) mass is 432 g/mol. The van der Waals surface area contributed by atoms with Gasteiger partial charge in [-0.3, -0.25) is 9.59 Å². The molecule has 154 valence electrons. The quantitative estimate of drug-likeness (QED) is 0.750. The lowest BCUT2D eigenvalue weighted by Crippen LogP contribution is -2.27. The third-order valence-electron chi connectivity index (χ3n) is 4.82. The van der Waals surface area contributed by atoms with Crippen molar-refractivity contribution in [3.05, 3.63) is 47.5 Å². The number of anilines is 2. The Morgan fingerprint density at radius 2 is 1.90 bits per heavy atom. The molecule has 1 aliphatic heterocycles. The Labute approximate surface area is 175 Å². The van der Waals surface area contributed by atoms with Gasteiger partial charge in [-0.2, -0.15) is 0 Å². The van der Waals surface area contributed by atoms with Gasteiger partial charge in [-0.1, -0.05) is 25.1 Å². The topological polar surface area (TPSA) is 92.3 Å². The summed E-state index contributed by atoms with van der Waals surface area (Å²) in [5.74, 6) is -0.872. The molecule has 2 amide bonds. The highest BCUT2D eigenvalue weighted by Crippen LogP contribution is 2.33. The maximum Gasteiger partial charge on any atom is 0.228 e. The minimum Gasteiger partial charge on any atom is -0.325 e. The molecule has 3 rings (SSSR count). The minimum atomic E-state index is -3.70. The summed E-state index contributed by atoms with van der Waals surface area (Å²) in [5.41, 5.74) is 3.07. The number of thioether (sulfide) groups is 1. The zero-order valence-corrected chi connectivity index (χ0v) is 18.2. The van der Waals surface area contributed by atoms with E-state index in [0.717, 1.165) is 16.0 Å². The second-order valence-corrected chi connectivity index (χ2v) is 10.4. The van der Waals surface area contributed by atoms with Crippen LogP contribution in [0.1, 0.15) is 24.5 Å². The summed E-state index contributed by atoms with van der Waals surface area (Å²) in [6.07, 6.45) is 0.386. The van der Waals surface area contributed by atoms with Crippen molar-refractivity contribution < 1.29 is 18.0 Å². The lowest BCUT2D eigenvalue weighted by Gasteiger charge is -2.16. The maximum atomic E-state index is 12.9. The van der Waals surface area contributed by atoms with Crippen LogP contribution in [0.4, 0.5) is 11.4 Å². The Balaban J connectivity index is 1.76. The summed E-state index contributed by atoms with van der Waals surface area (Å²) in [6, 6.07) is 10.4. The first-order chi connectivity index (χ1) is 13.7. The van der Waals surface area contributed by atoms with E-state index >= 15 is 0 Å². The molecule has 0 aliphatic carbocycles. The molecule has 1 aliphatic rings. The van der Waals surface area contributed by atoms with Crippen molar-refractivity contribution in [3.63, 3.8) is 0 Å². The van der Waals surface area contributed by atoms with Crippen LogP contribution in [0.5, 0.6) is 0 Å². The zero-order valence-electron chi connectivity index (χ0n) is 16.6. The van der Waals surface area contributed by atoms with Gasteiger partial charge in [0.1, 0.15) is 0 Å². The maximum absolute atomic E-state index is 12.9. The van der Waals surface area contributed by atoms with Gasteiger partial charge in [-0.15, -0.1) is 11.8 Å². The van der Waals surface area contributed by atoms with Crippen LogP contribution < -0.4 is 10.6 Å². The van der Waals surface area contributed by atoms with E-state index in [2.05, 4.69) is 10.6 Å². The number of amides is 2. The molecule has 0 bridgehead atoms. The molecule has 2 aromatic rings. The molecule has 2 aromatic carbocycles. The standard InChI is InChI=1S/C21H24N2O4S2/c1-13-5-4-6-14(2)20(13)23-21(25)15(3)12-29(26,27)16-7-8-18-17(11-16)22-19(24)9-10-28-18/h4-8,11,15H,9-10,12H2,1-3H3,(H,22,24)(H,23,25)/t15-/m1/s1. The summed E-state index contributed by atoms with van der Waals surface area (Å²) in [6.45, 7) is 5.39. The number of aryl methyl sites for hydroxylation is 2. The van der Waals surface area contributed by atoms with Gasteiger partial charge in [0, 0.05) is 28.7 Å². The molecule has 2 N–H and O–H groups in total. The van der Waals surface area contributed by atoms with Crippen LogP contribution >= 0.6 is 11.8 Å². The highest BCUT2D eigenvalue weighted by molar-refractivity contribution is 7.99. The predicted molar refractivity (Wildman–Crippen MR) is 116 cm³/mol. The van der Waals surface area contributed by atoms with E-state index in [0.29, 0.717) is 23.5 Å². The van der Waals surface area contributed by atoms with Crippen LogP contribution in [-0.2, 0) is 19.4 Å². The van der Waals surface area contributed by atoms with E-state index in [-0.39, 0.29) is 22.5 Å². The number of fused-ring (bicyclic) bond motifs is 1. The van der Waals surface area contributed by atoms with E-state index in [1.54, 1.807) is 13.0 Å². The Morgan fingerprint density at radius 1 is 1.21 bits per heavy atom. The average Bonchev–Trinajstić information content (AvgIpc) is 2.84. The van der Waals surface area contributed by atoms with Crippen molar-refractivity contribution in [2.24, 2.45) is 5.92 Å². The van der Waals surface area contributed by atoms with Gasteiger partial charge in [-0.25, -0.2) is 8.42 Å². The fourth-order valence-electron chi connectivity index (χ4n) is 3.15. The van der Waals surface area contributed by atoms with Gasteiger partial charge in [0.05, 0.1) is 16.3 Å². The van der Waals surface area contributed by atoms with Crippen molar-refractivity contribution in [2.45, 2.75) is 37.0 Å². The van der Waals surface area contributed by atoms with Crippen molar-refractivity contribution in [2.75, 3.05) is 22.1 Å². The number of hydrogen-bond acceptors (Lipinski definition) is 5. The second-order valence-electron chi connectivity index (χ2n) is 7.24. The summed E-state index contributed by atoms with van der Waals surface area (Å²) >= 11 is 1.51. The van der Waals surface area contributed by atoms with Gasteiger partial charge >= 0.3 is 0 Å². The van der Waals surface area contributed by atoms with E-state index in [1.165, 1.54) is 23.9 Å². The van der Waals surface area contributed by atoms with E-state index in [4.69, 9.17) is 0 Å². The lowest BCUT2D eigenvalue weighted by molar-refractivity contribution is -0.119. The third-order valence-corrected chi connectivity index (χ3v) is 7.80. The predicted octanol–water partition coefficient (Wildman–Crippen LogP) is 3.79. The molecule has 0 aromatic heterocycles. The molecule has 1 atom stereocenters.